The zero-order chi connectivity index (χ0) is 18.8. The number of imidazole rings is 1. The van der Waals surface area contributed by atoms with Gasteiger partial charge in [-0.25, -0.2) is 9.37 Å². The average molecular weight is 377 g/mol. The van der Waals surface area contributed by atoms with E-state index in [1.807, 2.05) is 36.6 Å². The first-order valence-corrected chi connectivity index (χ1v) is 9.56. The number of halogens is 1. The summed E-state index contributed by atoms with van der Waals surface area (Å²) in [6.45, 7) is 0. The predicted molar refractivity (Wildman–Crippen MR) is 108 cm³/mol. The van der Waals surface area contributed by atoms with Gasteiger partial charge in [0.05, 0.1) is 16.6 Å². The van der Waals surface area contributed by atoms with Gasteiger partial charge < -0.3 is 10.3 Å². The lowest BCUT2D eigenvalue weighted by atomic mass is 10.2. The molecule has 4 aromatic rings. The topological polar surface area (TPSA) is 57.8 Å². The van der Waals surface area contributed by atoms with Gasteiger partial charge in [0.2, 0.25) is 0 Å². The van der Waals surface area contributed by atoms with Gasteiger partial charge in [-0.15, -0.1) is 11.8 Å². The lowest BCUT2D eigenvalue weighted by Gasteiger charge is -2.08. The third kappa shape index (κ3) is 3.57. The van der Waals surface area contributed by atoms with Crippen molar-refractivity contribution in [3.8, 4) is 11.4 Å². The van der Waals surface area contributed by atoms with Crippen molar-refractivity contribution < 1.29 is 9.18 Å². The van der Waals surface area contributed by atoms with Gasteiger partial charge in [0.25, 0.3) is 5.91 Å². The first-order chi connectivity index (χ1) is 13.1. The molecular formula is C21H16FN3OS. The van der Waals surface area contributed by atoms with Gasteiger partial charge in [0.1, 0.15) is 11.6 Å². The number of carbonyl (C=O) groups excluding carboxylic acids is 1. The molecule has 6 heteroatoms. The van der Waals surface area contributed by atoms with E-state index in [9.17, 15) is 9.18 Å². The highest BCUT2D eigenvalue weighted by atomic mass is 32.2. The number of fused-ring (bicyclic) bond motifs is 1. The van der Waals surface area contributed by atoms with E-state index in [0.717, 1.165) is 10.4 Å². The highest BCUT2D eigenvalue weighted by Crippen LogP contribution is 2.25. The molecule has 1 amide bonds. The minimum absolute atomic E-state index is 0.166. The van der Waals surface area contributed by atoms with Crippen molar-refractivity contribution in [1.82, 2.24) is 9.97 Å². The summed E-state index contributed by atoms with van der Waals surface area (Å²) in [6, 6.07) is 19.2. The molecule has 0 saturated heterocycles. The number of H-pyrrole nitrogens is 1. The van der Waals surface area contributed by atoms with Gasteiger partial charge >= 0.3 is 0 Å². The molecular weight excluding hydrogens is 361 g/mol. The number of benzene rings is 3. The van der Waals surface area contributed by atoms with E-state index in [0.29, 0.717) is 28.2 Å². The molecule has 4 rings (SSSR count). The van der Waals surface area contributed by atoms with Crippen LogP contribution in [0.2, 0.25) is 0 Å². The number of hydrogen-bond acceptors (Lipinski definition) is 3. The van der Waals surface area contributed by atoms with Gasteiger partial charge in [-0.1, -0.05) is 24.3 Å². The first-order valence-electron chi connectivity index (χ1n) is 8.34. The molecule has 134 valence electrons. The second-order valence-electron chi connectivity index (χ2n) is 5.98. The molecule has 1 aromatic heterocycles. The summed E-state index contributed by atoms with van der Waals surface area (Å²) in [5, 5.41) is 2.92. The maximum absolute atomic E-state index is 13.4. The molecule has 0 radical (unpaired) electrons. The molecule has 0 unspecified atom stereocenters. The van der Waals surface area contributed by atoms with Crippen molar-refractivity contribution in [3.05, 3.63) is 78.1 Å². The number of carbonyl (C=O) groups is 1. The lowest BCUT2D eigenvalue weighted by Crippen LogP contribution is -2.12. The number of anilines is 1. The molecule has 27 heavy (non-hydrogen) atoms. The SMILES string of the molecule is CSc1ccccc1C(=O)Nc1ccc2[nH]c(-c3cccc(F)c3)nc2c1. The molecule has 0 aliphatic rings. The van der Waals surface area contributed by atoms with Crippen LogP contribution in [-0.2, 0) is 0 Å². The number of hydrogen-bond donors (Lipinski definition) is 2. The van der Waals surface area contributed by atoms with Crippen LogP contribution >= 0.6 is 11.8 Å². The van der Waals surface area contributed by atoms with Gasteiger partial charge in [0, 0.05) is 16.1 Å². The number of aromatic nitrogens is 2. The van der Waals surface area contributed by atoms with Crippen LogP contribution in [0.15, 0.2) is 71.6 Å². The van der Waals surface area contributed by atoms with Crippen LogP contribution in [0.25, 0.3) is 22.4 Å². The number of thioether (sulfide) groups is 1. The fourth-order valence-electron chi connectivity index (χ4n) is 2.89. The van der Waals surface area contributed by atoms with Gasteiger partial charge in [-0.05, 0) is 48.7 Å². The zero-order valence-corrected chi connectivity index (χ0v) is 15.3. The maximum Gasteiger partial charge on any atom is 0.256 e. The summed E-state index contributed by atoms with van der Waals surface area (Å²) >= 11 is 1.53. The molecule has 0 atom stereocenters. The molecule has 0 aliphatic carbocycles. The van der Waals surface area contributed by atoms with Gasteiger partial charge in [0.15, 0.2) is 0 Å². The van der Waals surface area contributed by atoms with E-state index in [-0.39, 0.29) is 11.7 Å². The Hall–Kier alpha value is -3.12. The van der Waals surface area contributed by atoms with Crippen LogP contribution in [0.3, 0.4) is 0 Å². The molecule has 4 nitrogen and oxygen atoms in total. The van der Waals surface area contributed by atoms with Crippen LogP contribution in [0, 0.1) is 5.82 Å². The summed E-state index contributed by atoms with van der Waals surface area (Å²) in [6.07, 6.45) is 1.94. The Kier molecular flexibility index (Phi) is 4.64. The van der Waals surface area contributed by atoms with Gasteiger partial charge in [-0.2, -0.15) is 0 Å². The smallest absolute Gasteiger partial charge is 0.256 e. The number of nitrogens with zero attached hydrogens (tertiary/aromatic N) is 1. The minimum atomic E-state index is -0.312. The molecule has 0 bridgehead atoms. The lowest BCUT2D eigenvalue weighted by molar-refractivity contribution is 0.102. The van der Waals surface area contributed by atoms with Crippen molar-refractivity contribution in [3.63, 3.8) is 0 Å². The fraction of sp³-hybridized carbons (Fsp3) is 0.0476. The van der Waals surface area contributed by atoms with Crippen molar-refractivity contribution in [1.29, 1.82) is 0 Å². The Morgan fingerprint density at radius 2 is 1.93 bits per heavy atom. The monoisotopic (exact) mass is 377 g/mol. The van der Waals surface area contributed by atoms with Crippen molar-refractivity contribution in [2.45, 2.75) is 4.90 Å². The maximum atomic E-state index is 13.4. The van der Waals surface area contributed by atoms with Crippen LogP contribution < -0.4 is 5.32 Å². The summed E-state index contributed by atoms with van der Waals surface area (Å²) in [4.78, 5) is 21.2. The normalized spacial score (nSPS) is 10.9. The van der Waals surface area contributed by atoms with E-state index >= 15 is 0 Å². The molecule has 0 spiro atoms. The standard InChI is InChI=1S/C21H16FN3OS/c1-27-19-8-3-2-7-16(19)21(26)23-15-9-10-17-18(12-15)25-20(24-17)13-5-4-6-14(22)11-13/h2-12H,1H3,(H,23,26)(H,24,25). The van der Waals surface area contributed by atoms with Crippen LogP contribution in [0.4, 0.5) is 10.1 Å². The first kappa shape index (κ1) is 17.3. The summed E-state index contributed by atoms with van der Waals surface area (Å²) < 4.78 is 13.4. The van der Waals surface area contributed by atoms with Crippen LogP contribution in [0.1, 0.15) is 10.4 Å². The molecule has 2 N–H and O–H groups in total. The van der Waals surface area contributed by atoms with E-state index < -0.39 is 0 Å². The molecule has 0 fully saturated rings. The van der Waals surface area contributed by atoms with Gasteiger partial charge in [-0.3, -0.25) is 4.79 Å². The minimum Gasteiger partial charge on any atom is -0.338 e. The largest absolute Gasteiger partial charge is 0.338 e. The molecule has 0 saturated carbocycles. The second kappa shape index (κ2) is 7.25. The second-order valence-corrected chi connectivity index (χ2v) is 6.83. The van der Waals surface area contributed by atoms with E-state index in [2.05, 4.69) is 15.3 Å². The third-order valence-corrected chi connectivity index (χ3v) is 4.99. The molecule has 1 heterocycles. The fourth-order valence-corrected chi connectivity index (χ4v) is 3.48. The zero-order valence-electron chi connectivity index (χ0n) is 14.5. The van der Waals surface area contributed by atoms with E-state index in [1.54, 1.807) is 24.3 Å². The number of rotatable bonds is 4. The molecule has 3 aromatic carbocycles. The molecule has 0 aliphatic heterocycles. The Morgan fingerprint density at radius 1 is 1.07 bits per heavy atom. The summed E-state index contributed by atoms with van der Waals surface area (Å²) in [5.74, 6) is 0.106. The van der Waals surface area contributed by atoms with Crippen molar-refractivity contribution in [2.75, 3.05) is 11.6 Å². The average Bonchev–Trinajstić information content (AvgIpc) is 3.11. The van der Waals surface area contributed by atoms with E-state index in [4.69, 9.17) is 0 Å². The summed E-state index contributed by atoms with van der Waals surface area (Å²) in [5.41, 5.74) is 3.47. The van der Waals surface area contributed by atoms with Crippen molar-refractivity contribution in [2.24, 2.45) is 0 Å². The van der Waals surface area contributed by atoms with Crippen molar-refractivity contribution >= 4 is 34.4 Å². The quantitative estimate of drug-likeness (QED) is 0.472. The van der Waals surface area contributed by atoms with Crippen LogP contribution in [0.5, 0.6) is 0 Å². The Balaban J connectivity index is 1.63. The highest BCUT2D eigenvalue weighted by Gasteiger charge is 2.12. The Morgan fingerprint density at radius 3 is 2.74 bits per heavy atom. The van der Waals surface area contributed by atoms with Crippen LogP contribution in [-0.4, -0.2) is 22.1 Å². The predicted octanol–water partition coefficient (Wildman–Crippen LogP) is 5.34. The Labute approximate surface area is 159 Å². The Bertz CT molecular complexity index is 1140. The number of amides is 1. The highest BCUT2D eigenvalue weighted by molar-refractivity contribution is 7.98. The summed E-state index contributed by atoms with van der Waals surface area (Å²) in [7, 11) is 0. The van der Waals surface area contributed by atoms with E-state index in [1.165, 1.54) is 23.9 Å². The number of aromatic amines is 1. The number of nitrogens with one attached hydrogen (secondary N) is 2. The third-order valence-electron chi connectivity index (χ3n) is 4.19.